The molecule has 0 saturated heterocycles. The number of hydrogen-bond donors (Lipinski definition) is 0. The van der Waals surface area contributed by atoms with Crippen LogP contribution in [0.2, 0.25) is 0 Å². The van der Waals surface area contributed by atoms with E-state index < -0.39 is 0 Å². The van der Waals surface area contributed by atoms with Crippen LogP contribution in [0.3, 0.4) is 0 Å². The lowest BCUT2D eigenvalue weighted by molar-refractivity contribution is 1.18. The van der Waals surface area contributed by atoms with Gasteiger partial charge in [0.25, 0.3) is 0 Å². The van der Waals surface area contributed by atoms with Gasteiger partial charge in [-0.25, -0.2) is 0 Å². The number of para-hydroxylation sites is 6. The third kappa shape index (κ3) is 6.73. The van der Waals surface area contributed by atoms with Crippen LogP contribution in [0.15, 0.2) is 291 Å². The Kier molecular flexibility index (Phi) is 9.91. The summed E-state index contributed by atoms with van der Waals surface area (Å²) in [5.74, 6) is 0. The maximum Gasteiger partial charge on any atom is 0.0620 e. The van der Waals surface area contributed by atoms with Crippen molar-refractivity contribution in [3.05, 3.63) is 291 Å². The zero-order valence-electron chi connectivity index (χ0n) is 42.5. The molecule has 4 nitrogen and oxygen atoms in total. The molecule has 3 heterocycles. The number of aromatic nitrogens is 3. The Morgan fingerprint density at radius 1 is 0.205 bits per heavy atom. The summed E-state index contributed by atoms with van der Waals surface area (Å²) in [6.45, 7) is 0. The molecule has 0 bridgehead atoms. The number of benzene rings is 13. The first-order valence-electron chi connectivity index (χ1n) is 26.8. The molecule has 0 N–H and O–H groups in total. The molecule has 0 aliphatic rings. The number of anilines is 3. The van der Waals surface area contributed by atoms with E-state index in [-0.39, 0.29) is 0 Å². The van der Waals surface area contributed by atoms with Gasteiger partial charge in [-0.2, -0.15) is 0 Å². The topological polar surface area (TPSA) is 18.0 Å². The summed E-state index contributed by atoms with van der Waals surface area (Å²) in [5.41, 5.74) is 18.3. The Morgan fingerprint density at radius 2 is 0.564 bits per heavy atom. The molecular formula is C74H48N4. The first-order valence-corrected chi connectivity index (χ1v) is 26.8. The maximum atomic E-state index is 2.57. The van der Waals surface area contributed by atoms with Crippen molar-refractivity contribution in [1.82, 2.24) is 13.7 Å². The predicted molar refractivity (Wildman–Crippen MR) is 330 cm³/mol. The molecule has 0 fully saturated rings. The van der Waals surface area contributed by atoms with Crippen molar-refractivity contribution in [2.24, 2.45) is 0 Å². The zero-order valence-corrected chi connectivity index (χ0v) is 42.5. The Hall–Kier alpha value is -10.4. The molecule has 0 aliphatic heterocycles. The van der Waals surface area contributed by atoms with Gasteiger partial charge < -0.3 is 18.6 Å². The van der Waals surface area contributed by atoms with Crippen LogP contribution in [0.1, 0.15) is 0 Å². The van der Waals surface area contributed by atoms with Crippen molar-refractivity contribution in [3.8, 4) is 39.3 Å². The third-order valence-electron chi connectivity index (χ3n) is 16.2. The molecule has 0 saturated carbocycles. The molecule has 3 aromatic heterocycles. The normalized spacial score (nSPS) is 11.8. The smallest absolute Gasteiger partial charge is 0.0620 e. The van der Waals surface area contributed by atoms with E-state index in [1.165, 1.54) is 65.5 Å². The molecule has 0 unspecified atom stereocenters. The van der Waals surface area contributed by atoms with Crippen molar-refractivity contribution in [2.75, 3.05) is 4.90 Å². The number of fused-ring (bicyclic) bond motifs is 11. The molecular weight excluding hydrogens is 945 g/mol. The van der Waals surface area contributed by atoms with Crippen molar-refractivity contribution >= 4 is 104 Å². The molecule has 0 spiro atoms. The molecule has 0 amide bonds. The van der Waals surface area contributed by atoms with E-state index in [1.807, 2.05) is 0 Å². The van der Waals surface area contributed by atoms with Crippen LogP contribution in [0.4, 0.5) is 17.1 Å². The minimum absolute atomic E-state index is 1.06. The molecule has 4 heteroatoms. The summed E-state index contributed by atoms with van der Waals surface area (Å²) in [6, 6.07) is 107. The van der Waals surface area contributed by atoms with Gasteiger partial charge in [0, 0.05) is 76.6 Å². The van der Waals surface area contributed by atoms with E-state index in [2.05, 4.69) is 310 Å². The van der Waals surface area contributed by atoms with Gasteiger partial charge in [0.05, 0.1) is 44.5 Å². The first kappa shape index (κ1) is 43.9. The summed E-state index contributed by atoms with van der Waals surface area (Å²) < 4.78 is 7.35. The first-order chi connectivity index (χ1) is 38.7. The van der Waals surface area contributed by atoms with Gasteiger partial charge in [0.1, 0.15) is 0 Å². The van der Waals surface area contributed by atoms with Crippen LogP contribution in [-0.2, 0) is 0 Å². The van der Waals surface area contributed by atoms with E-state index in [9.17, 15) is 0 Å². The van der Waals surface area contributed by atoms with Gasteiger partial charge in [0.15, 0.2) is 0 Å². The van der Waals surface area contributed by atoms with Crippen LogP contribution < -0.4 is 4.90 Å². The Bertz CT molecular complexity index is 4800. The van der Waals surface area contributed by atoms with Gasteiger partial charge in [-0.3, -0.25) is 0 Å². The maximum absolute atomic E-state index is 2.57. The largest absolute Gasteiger partial charge is 0.309 e. The Balaban J connectivity index is 1.08. The van der Waals surface area contributed by atoms with E-state index in [0.717, 1.165) is 77.8 Å². The van der Waals surface area contributed by atoms with Crippen LogP contribution in [-0.4, -0.2) is 13.7 Å². The van der Waals surface area contributed by atoms with E-state index >= 15 is 0 Å². The molecule has 364 valence electrons. The third-order valence-corrected chi connectivity index (χ3v) is 16.2. The molecule has 16 aromatic rings. The molecule has 0 radical (unpaired) electrons. The van der Waals surface area contributed by atoms with Gasteiger partial charge in [-0.15, -0.1) is 0 Å². The zero-order chi connectivity index (χ0) is 51.3. The van der Waals surface area contributed by atoms with Gasteiger partial charge in [0.2, 0.25) is 0 Å². The molecule has 0 atom stereocenters. The lowest BCUT2D eigenvalue weighted by Crippen LogP contribution is -2.12. The monoisotopic (exact) mass is 992 g/mol. The fraction of sp³-hybridized carbons (Fsp3) is 0. The van der Waals surface area contributed by atoms with Crippen molar-refractivity contribution in [1.29, 1.82) is 0 Å². The van der Waals surface area contributed by atoms with Crippen LogP contribution >= 0.6 is 0 Å². The Morgan fingerprint density at radius 3 is 1.03 bits per heavy atom. The SMILES string of the molecule is c1ccc(-c2ccc3c(-n4c5ccccc5c5ccccc54)c4cc(-c5ccccc5)ccc4c(N(c4ccc5c(c4)c4ccccc4n5-c4ccccc4)c4ccc5c(c4)c4ccccc4n5-c4ccccc4)c3c2)cc1. The minimum atomic E-state index is 1.06. The highest BCUT2D eigenvalue weighted by molar-refractivity contribution is 6.24. The second-order valence-corrected chi connectivity index (χ2v) is 20.4. The second-order valence-electron chi connectivity index (χ2n) is 20.4. The fourth-order valence-electron chi connectivity index (χ4n) is 12.8. The van der Waals surface area contributed by atoms with Crippen molar-refractivity contribution in [2.45, 2.75) is 0 Å². The Labute approximate surface area is 450 Å². The van der Waals surface area contributed by atoms with Crippen LogP contribution in [0.5, 0.6) is 0 Å². The van der Waals surface area contributed by atoms with Crippen LogP contribution in [0.25, 0.3) is 126 Å². The average Bonchev–Trinajstić information content (AvgIpc) is 4.33. The number of hydrogen-bond acceptors (Lipinski definition) is 1. The van der Waals surface area contributed by atoms with E-state index in [1.54, 1.807) is 0 Å². The number of nitrogens with zero attached hydrogens (tertiary/aromatic N) is 4. The lowest BCUT2D eigenvalue weighted by atomic mass is 9.91. The quantitative estimate of drug-likeness (QED) is 0.139. The summed E-state index contributed by atoms with van der Waals surface area (Å²) in [4.78, 5) is 2.57. The summed E-state index contributed by atoms with van der Waals surface area (Å²) in [6.07, 6.45) is 0. The highest BCUT2D eigenvalue weighted by Crippen LogP contribution is 2.51. The van der Waals surface area contributed by atoms with E-state index in [0.29, 0.717) is 0 Å². The summed E-state index contributed by atoms with van der Waals surface area (Å²) in [7, 11) is 0. The highest BCUT2D eigenvalue weighted by atomic mass is 15.2. The second kappa shape index (κ2) is 17.6. The molecule has 16 rings (SSSR count). The molecule has 0 aliphatic carbocycles. The van der Waals surface area contributed by atoms with Gasteiger partial charge in [-0.05, 0) is 119 Å². The molecule has 13 aromatic carbocycles. The van der Waals surface area contributed by atoms with Crippen molar-refractivity contribution in [3.63, 3.8) is 0 Å². The lowest BCUT2D eigenvalue weighted by Gasteiger charge is -2.30. The van der Waals surface area contributed by atoms with Gasteiger partial charge >= 0.3 is 0 Å². The highest BCUT2D eigenvalue weighted by Gasteiger charge is 2.27. The summed E-state index contributed by atoms with van der Waals surface area (Å²) >= 11 is 0. The van der Waals surface area contributed by atoms with Gasteiger partial charge in [-0.1, -0.05) is 194 Å². The van der Waals surface area contributed by atoms with Crippen molar-refractivity contribution < 1.29 is 0 Å². The fourth-order valence-corrected chi connectivity index (χ4v) is 12.8. The summed E-state index contributed by atoms with van der Waals surface area (Å²) in [5, 5.41) is 11.8. The van der Waals surface area contributed by atoms with E-state index in [4.69, 9.17) is 0 Å². The number of rotatable bonds is 8. The van der Waals surface area contributed by atoms with Crippen LogP contribution in [0, 0.1) is 0 Å². The average molecular weight is 993 g/mol. The minimum Gasteiger partial charge on any atom is -0.309 e. The predicted octanol–water partition coefficient (Wildman–Crippen LogP) is 20.1. The molecule has 78 heavy (non-hydrogen) atoms. The standard InChI is InChI=1S/C74H48N4/c1-5-21-49(22-6-1)51-38-42-62-65(45-51)73(61-41-37-52(50-23-7-2-8-24-50)46-66(61)74(62)78-69-35-19-13-29-57(69)58-30-14-20-36-70(58)78)75(55-39-43-71-63(47-55)59-31-15-17-33-67(59)76(71)53-25-9-3-10-26-53)56-40-44-72-64(48-56)60-32-16-18-34-68(60)77(72)54-27-11-4-12-28-54/h1-48H.